The van der Waals surface area contributed by atoms with Gasteiger partial charge in [0.25, 0.3) is 6.43 Å². The maximum atomic E-state index is 12.0. The van der Waals surface area contributed by atoms with Crippen molar-refractivity contribution in [3.8, 4) is 6.07 Å². The lowest BCUT2D eigenvalue weighted by atomic mass is 10.1. The van der Waals surface area contributed by atoms with Crippen LogP contribution in [-0.2, 0) is 0 Å². The topological polar surface area (TPSA) is 48.7 Å². The van der Waals surface area contributed by atoms with Crippen LogP contribution in [0.3, 0.4) is 0 Å². The molecule has 0 spiro atoms. The van der Waals surface area contributed by atoms with Gasteiger partial charge in [0.15, 0.2) is 0 Å². The van der Waals surface area contributed by atoms with Crippen molar-refractivity contribution in [3.05, 3.63) is 23.0 Å². The molecule has 1 aromatic rings. The average molecular weight is 211 g/mol. The first-order valence-corrected chi connectivity index (χ1v) is 4.45. The Morgan fingerprint density at radius 2 is 2.20 bits per heavy atom. The fraction of sp³-hybridized carbons (Fsp3) is 0.400. The minimum Gasteiger partial charge on any atom is -0.378 e. The van der Waals surface area contributed by atoms with Crippen LogP contribution in [0.4, 0.5) is 14.5 Å². The van der Waals surface area contributed by atoms with E-state index in [4.69, 9.17) is 5.26 Å². The van der Waals surface area contributed by atoms with Crippen molar-refractivity contribution in [2.45, 2.75) is 20.3 Å². The number of nitrogens with one attached hydrogen (secondary N) is 1. The zero-order chi connectivity index (χ0) is 11.4. The smallest absolute Gasteiger partial charge is 0.255 e. The Hall–Kier alpha value is -1.70. The second-order valence-electron chi connectivity index (χ2n) is 3.16. The van der Waals surface area contributed by atoms with Crippen LogP contribution < -0.4 is 5.32 Å². The number of hydrogen-bond acceptors (Lipinski definition) is 3. The van der Waals surface area contributed by atoms with Gasteiger partial charge < -0.3 is 5.32 Å². The average Bonchev–Trinajstić information content (AvgIpc) is 2.13. The van der Waals surface area contributed by atoms with Crippen molar-refractivity contribution >= 4 is 5.69 Å². The van der Waals surface area contributed by atoms with Gasteiger partial charge in [-0.15, -0.1) is 0 Å². The first-order valence-electron chi connectivity index (χ1n) is 4.45. The van der Waals surface area contributed by atoms with Gasteiger partial charge in [-0.3, -0.25) is 4.98 Å². The van der Waals surface area contributed by atoms with Gasteiger partial charge in [0.05, 0.1) is 23.5 Å². The van der Waals surface area contributed by atoms with E-state index in [9.17, 15) is 8.78 Å². The van der Waals surface area contributed by atoms with Crippen LogP contribution in [0.5, 0.6) is 0 Å². The van der Waals surface area contributed by atoms with E-state index in [2.05, 4.69) is 10.3 Å². The van der Waals surface area contributed by atoms with Crippen LogP contribution in [0.2, 0.25) is 0 Å². The maximum Gasteiger partial charge on any atom is 0.255 e. The number of hydrogen-bond donors (Lipinski definition) is 1. The van der Waals surface area contributed by atoms with E-state index < -0.39 is 13.0 Å². The minimum atomic E-state index is -2.44. The summed E-state index contributed by atoms with van der Waals surface area (Å²) in [6, 6.07) is 3.54. The van der Waals surface area contributed by atoms with Crippen molar-refractivity contribution in [3.63, 3.8) is 0 Å². The summed E-state index contributed by atoms with van der Waals surface area (Å²) in [5.41, 5.74) is 1.99. The van der Waals surface area contributed by atoms with E-state index in [1.54, 1.807) is 19.9 Å². The number of nitriles is 1. The highest BCUT2D eigenvalue weighted by atomic mass is 19.3. The maximum absolute atomic E-state index is 12.0. The third-order valence-electron chi connectivity index (χ3n) is 1.89. The summed E-state index contributed by atoms with van der Waals surface area (Å²) in [4.78, 5) is 4.08. The highest BCUT2D eigenvalue weighted by Gasteiger charge is 2.09. The van der Waals surface area contributed by atoms with E-state index in [-0.39, 0.29) is 0 Å². The van der Waals surface area contributed by atoms with E-state index >= 15 is 0 Å². The van der Waals surface area contributed by atoms with E-state index in [0.717, 1.165) is 0 Å². The van der Waals surface area contributed by atoms with E-state index in [1.807, 2.05) is 6.07 Å². The van der Waals surface area contributed by atoms with Gasteiger partial charge >= 0.3 is 0 Å². The first kappa shape index (κ1) is 11.4. The Morgan fingerprint density at radius 3 is 2.73 bits per heavy atom. The van der Waals surface area contributed by atoms with Gasteiger partial charge in [0.1, 0.15) is 6.07 Å². The highest BCUT2D eigenvalue weighted by Crippen LogP contribution is 2.18. The molecule has 0 amide bonds. The summed E-state index contributed by atoms with van der Waals surface area (Å²) < 4.78 is 24.0. The number of alkyl halides is 2. The fourth-order valence-corrected chi connectivity index (χ4v) is 1.30. The Kier molecular flexibility index (Phi) is 3.56. The van der Waals surface area contributed by atoms with Crippen molar-refractivity contribution in [2.24, 2.45) is 0 Å². The SMILES string of the molecule is Cc1cc(NCC(F)F)c(C#N)c(C)n1. The molecule has 15 heavy (non-hydrogen) atoms. The van der Waals surface area contributed by atoms with Crippen LogP contribution in [0.1, 0.15) is 17.0 Å². The molecule has 0 atom stereocenters. The molecule has 80 valence electrons. The number of pyridine rings is 1. The van der Waals surface area contributed by atoms with Gasteiger partial charge in [-0.25, -0.2) is 8.78 Å². The largest absolute Gasteiger partial charge is 0.378 e. The Morgan fingerprint density at radius 1 is 1.53 bits per heavy atom. The summed E-state index contributed by atoms with van der Waals surface area (Å²) in [6.45, 7) is 2.97. The monoisotopic (exact) mass is 211 g/mol. The number of anilines is 1. The lowest BCUT2D eigenvalue weighted by Gasteiger charge is -2.09. The summed E-state index contributed by atoms with van der Waals surface area (Å²) in [7, 11) is 0. The Bertz CT molecular complexity index is 396. The number of nitrogens with zero attached hydrogens (tertiary/aromatic N) is 2. The Balaban J connectivity index is 3.00. The summed E-state index contributed by atoms with van der Waals surface area (Å²) in [6.07, 6.45) is -2.44. The van der Waals surface area contributed by atoms with Crippen LogP contribution in [0, 0.1) is 25.2 Å². The second kappa shape index (κ2) is 4.69. The zero-order valence-electron chi connectivity index (χ0n) is 8.51. The van der Waals surface area contributed by atoms with Crippen LogP contribution in [-0.4, -0.2) is 18.0 Å². The van der Waals surface area contributed by atoms with Crippen molar-refractivity contribution in [2.75, 3.05) is 11.9 Å². The number of halogens is 2. The van der Waals surface area contributed by atoms with E-state index in [1.165, 1.54) is 0 Å². The van der Waals surface area contributed by atoms with Crippen LogP contribution in [0.15, 0.2) is 6.07 Å². The molecular weight excluding hydrogens is 200 g/mol. The van der Waals surface area contributed by atoms with Crippen LogP contribution >= 0.6 is 0 Å². The van der Waals surface area contributed by atoms with Crippen molar-refractivity contribution in [1.82, 2.24) is 4.98 Å². The predicted molar refractivity (Wildman–Crippen MR) is 52.9 cm³/mol. The lowest BCUT2D eigenvalue weighted by Crippen LogP contribution is -2.12. The third kappa shape index (κ3) is 2.88. The fourth-order valence-electron chi connectivity index (χ4n) is 1.30. The van der Waals surface area contributed by atoms with Gasteiger partial charge in [0.2, 0.25) is 0 Å². The van der Waals surface area contributed by atoms with E-state index in [0.29, 0.717) is 22.6 Å². The van der Waals surface area contributed by atoms with Crippen LogP contribution in [0.25, 0.3) is 0 Å². The van der Waals surface area contributed by atoms with Crippen molar-refractivity contribution in [1.29, 1.82) is 5.26 Å². The van der Waals surface area contributed by atoms with Gasteiger partial charge in [-0.05, 0) is 19.9 Å². The minimum absolute atomic E-state index is 0.321. The molecule has 0 unspecified atom stereocenters. The van der Waals surface area contributed by atoms with Gasteiger partial charge in [0, 0.05) is 5.69 Å². The summed E-state index contributed by atoms with van der Waals surface area (Å²) in [5.74, 6) is 0. The molecule has 0 bridgehead atoms. The predicted octanol–water partition coefficient (Wildman–Crippen LogP) is 2.25. The first-order chi connectivity index (χ1) is 7.04. The van der Waals surface area contributed by atoms with Gasteiger partial charge in [-0.1, -0.05) is 0 Å². The molecule has 0 aliphatic carbocycles. The molecule has 0 radical (unpaired) electrons. The number of aromatic nitrogens is 1. The molecule has 1 aromatic heterocycles. The molecular formula is C10H11F2N3. The molecule has 0 fully saturated rings. The number of rotatable bonds is 3. The van der Waals surface area contributed by atoms with Crippen molar-refractivity contribution < 1.29 is 8.78 Å². The highest BCUT2D eigenvalue weighted by molar-refractivity contribution is 5.59. The lowest BCUT2D eigenvalue weighted by molar-refractivity contribution is 0.163. The third-order valence-corrected chi connectivity index (χ3v) is 1.89. The molecule has 0 aliphatic heterocycles. The molecule has 3 nitrogen and oxygen atoms in total. The number of aryl methyl sites for hydroxylation is 2. The Labute approximate surface area is 86.7 Å². The molecule has 0 saturated heterocycles. The molecule has 5 heteroatoms. The molecule has 1 heterocycles. The second-order valence-corrected chi connectivity index (χ2v) is 3.16. The zero-order valence-corrected chi connectivity index (χ0v) is 8.51. The van der Waals surface area contributed by atoms with Gasteiger partial charge in [-0.2, -0.15) is 5.26 Å². The summed E-state index contributed by atoms with van der Waals surface area (Å²) in [5, 5.41) is 11.4. The molecule has 0 aliphatic rings. The molecule has 1 rings (SSSR count). The quantitative estimate of drug-likeness (QED) is 0.834. The molecule has 0 aromatic carbocycles. The summed E-state index contributed by atoms with van der Waals surface area (Å²) >= 11 is 0. The molecule has 1 N–H and O–H groups in total. The molecule has 0 saturated carbocycles. The standard InChI is InChI=1S/C10H11F2N3/c1-6-3-9(14-5-10(11)12)8(4-13)7(2)15-6/h3,10H,5H2,1-2H3,(H,14,15). The normalized spacial score (nSPS) is 10.1.